The van der Waals surface area contributed by atoms with E-state index in [4.69, 9.17) is 4.99 Å². The number of thiazole rings is 1. The summed E-state index contributed by atoms with van der Waals surface area (Å²) in [5.41, 5.74) is 1.13. The van der Waals surface area contributed by atoms with Crippen molar-refractivity contribution in [3.8, 4) is 0 Å². The lowest BCUT2D eigenvalue weighted by Crippen LogP contribution is -2.52. The second kappa shape index (κ2) is 12.2. The number of anilines is 1. The van der Waals surface area contributed by atoms with Gasteiger partial charge in [0.05, 0.1) is 5.01 Å². The molecule has 0 amide bonds. The first-order valence-corrected chi connectivity index (χ1v) is 10.7. The molecule has 3 rings (SSSR count). The predicted octanol–water partition coefficient (Wildman–Crippen LogP) is 3.57. The summed E-state index contributed by atoms with van der Waals surface area (Å²) in [7, 11) is 0. The number of hydrogen-bond acceptors (Lipinski definition) is 5. The molecule has 0 spiro atoms. The molecule has 3 heterocycles. The van der Waals surface area contributed by atoms with Gasteiger partial charge in [0.2, 0.25) is 0 Å². The second-order valence-electron chi connectivity index (χ2n) is 6.74. The van der Waals surface area contributed by atoms with Gasteiger partial charge in [-0.15, -0.1) is 35.3 Å². The highest BCUT2D eigenvalue weighted by molar-refractivity contribution is 14.0. The highest BCUT2D eigenvalue weighted by atomic mass is 127. The van der Waals surface area contributed by atoms with Gasteiger partial charge in [-0.05, 0) is 45.2 Å². The number of aliphatic imine (C=N–C) groups is 1. The molecule has 0 radical (unpaired) electrons. The fourth-order valence-corrected chi connectivity index (χ4v) is 4.02. The molecular weight excluding hydrogens is 483 g/mol. The van der Waals surface area contributed by atoms with Gasteiger partial charge in [0.15, 0.2) is 5.96 Å². The van der Waals surface area contributed by atoms with Crippen LogP contribution >= 0.6 is 35.3 Å². The second-order valence-corrected chi connectivity index (χ2v) is 7.68. The molecule has 0 saturated carbocycles. The standard InChI is InChI=1S/C20H30N6S.HI/c1-3-21-20(23-11-7-5-9-19-24-17(2)16-27-19)26-14-12-25(13-15-26)18-8-4-6-10-22-18;/h4,6,8,10,16H,3,5,7,9,11-15H2,1-2H3,(H,21,23);1H. The molecule has 2 aromatic rings. The van der Waals surface area contributed by atoms with E-state index in [0.29, 0.717) is 0 Å². The largest absolute Gasteiger partial charge is 0.357 e. The smallest absolute Gasteiger partial charge is 0.194 e. The fraction of sp³-hybridized carbons (Fsp3) is 0.550. The maximum absolute atomic E-state index is 4.85. The van der Waals surface area contributed by atoms with Crippen molar-refractivity contribution in [1.82, 2.24) is 20.2 Å². The Balaban J connectivity index is 0.00000280. The molecule has 8 heteroatoms. The summed E-state index contributed by atoms with van der Waals surface area (Å²) in [6.45, 7) is 9.85. The summed E-state index contributed by atoms with van der Waals surface area (Å²) in [6, 6.07) is 6.09. The molecule has 0 aliphatic carbocycles. The minimum Gasteiger partial charge on any atom is -0.357 e. The number of pyridine rings is 1. The molecule has 0 atom stereocenters. The number of guanidine groups is 1. The Morgan fingerprint density at radius 2 is 2.04 bits per heavy atom. The van der Waals surface area contributed by atoms with Crippen LogP contribution < -0.4 is 10.2 Å². The van der Waals surface area contributed by atoms with E-state index < -0.39 is 0 Å². The molecular formula is C20H31IN6S. The molecule has 154 valence electrons. The van der Waals surface area contributed by atoms with Crippen molar-refractivity contribution in [2.45, 2.75) is 33.1 Å². The number of piperazine rings is 1. The van der Waals surface area contributed by atoms with Crippen molar-refractivity contribution in [1.29, 1.82) is 0 Å². The number of aromatic nitrogens is 2. The number of halogens is 1. The average molecular weight is 514 g/mol. The zero-order chi connectivity index (χ0) is 18.9. The van der Waals surface area contributed by atoms with Crippen LogP contribution in [0.1, 0.15) is 30.5 Å². The van der Waals surface area contributed by atoms with E-state index >= 15 is 0 Å². The SMILES string of the molecule is CCNC(=NCCCCc1nc(C)cs1)N1CCN(c2ccccn2)CC1.I. The number of rotatable bonds is 7. The summed E-state index contributed by atoms with van der Waals surface area (Å²) >= 11 is 1.77. The topological polar surface area (TPSA) is 56.7 Å². The summed E-state index contributed by atoms with van der Waals surface area (Å²) in [6.07, 6.45) is 5.16. The van der Waals surface area contributed by atoms with Crippen LogP contribution in [0.25, 0.3) is 0 Å². The minimum absolute atomic E-state index is 0. The number of nitrogens with one attached hydrogen (secondary N) is 1. The number of unbranched alkanes of at least 4 members (excludes halogenated alkanes) is 1. The van der Waals surface area contributed by atoms with Gasteiger partial charge in [0.1, 0.15) is 5.82 Å². The molecule has 6 nitrogen and oxygen atoms in total. The average Bonchev–Trinajstić information content (AvgIpc) is 3.13. The monoisotopic (exact) mass is 514 g/mol. The first-order valence-electron chi connectivity index (χ1n) is 9.86. The van der Waals surface area contributed by atoms with Crippen LogP contribution in [-0.4, -0.2) is 60.1 Å². The fourth-order valence-electron chi connectivity index (χ4n) is 3.20. The Hall–Kier alpha value is -1.42. The number of aryl methyl sites for hydroxylation is 2. The molecule has 0 unspecified atom stereocenters. The molecule has 2 aromatic heterocycles. The Morgan fingerprint density at radius 1 is 1.21 bits per heavy atom. The van der Waals surface area contributed by atoms with Crippen LogP contribution in [0.4, 0.5) is 5.82 Å². The predicted molar refractivity (Wildman–Crippen MR) is 129 cm³/mol. The summed E-state index contributed by atoms with van der Waals surface area (Å²) in [4.78, 5) is 18.6. The van der Waals surface area contributed by atoms with Gasteiger partial charge in [-0.1, -0.05) is 6.07 Å². The first-order chi connectivity index (χ1) is 13.3. The summed E-state index contributed by atoms with van der Waals surface area (Å²) < 4.78 is 0. The number of hydrogen-bond donors (Lipinski definition) is 1. The molecule has 1 N–H and O–H groups in total. The van der Waals surface area contributed by atoms with E-state index in [1.165, 1.54) is 5.01 Å². The molecule has 1 aliphatic heterocycles. The third-order valence-corrected chi connectivity index (χ3v) is 5.64. The maximum atomic E-state index is 4.85. The summed E-state index contributed by atoms with van der Waals surface area (Å²) in [5, 5.41) is 6.82. The van der Waals surface area contributed by atoms with E-state index in [1.807, 2.05) is 18.3 Å². The lowest BCUT2D eigenvalue weighted by molar-refractivity contribution is 0.371. The minimum atomic E-state index is 0. The highest BCUT2D eigenvalue weighted by Crippen LogP contribution is 2.13. The lowest BCUT2D eigenvalue weighted by Gasteiger charge is -2.37. The van der Waals surface area contributed by atoms with E-state index in [1.54, 1.807) is 11.3 Å². The van der Waals surface area contributed by atoms with Crippen molar-refractivity contribution in [3.05, 3.63) is 40.5 Å². The Kier molecular flexibility index (Phi) is 9.97. The molecule has 0 aromatic carbocycles. The molecule has 1 saturated heterocycles. The van der Waals surface area contributed by atoms with Crippen molar-refractivity contribution in [2.24, 2.45) is 4.99 Å². The maximum Gasteiger partial charge on any atom is 0.194 e. The van der Waals surface area contributed by atoms with Crippen molar-refractivity contribution >= 4 is 47.1 Å². The van der Waals surface area contributed by atoms with E-state index in [2.05, 4.69) is 50.4 Å². The van der Waals surface area contributed by atoms with Crippen LogP contribution in [0.2, 0.25) is 0 Å². The Bertz CT molecular complexity index is 712. The zero-order valence-corrected chi connectivity index (χ0v) is 20.0. The van der Waals surface area contributed by atoms with Gasteiger partial charge in [-0.25, -0.2) is 9.97 Å². The van der Waals surface area contributed by atoms with Crippen molar-refractivity contribution in [2.75, 3.05) is 44.2 Å². The third kappa shape index (κ3) is 6.88. The summed E-state index contributed by atoms with van der Waals surface area (Å²) in [5.74, 6) is 2.11. The van der Waals surface area contributed by atoms with Crippen molar-refractivity contribution in [3.63, 3.8) is 0 Å². The molecule has 1 fully saturated rings. The van der Waals surface area contributed by atoms with Gasteiger partial charge in [0.25, 0.3) is 0 Å². The highest BCUT2D eigenvalue weighted by Gasteiger charge is 2.20. The third-order valence-electron chi connectivity index (χ3n) is 4.61. The molecule has 1 aliphatic rings. The zero-order valence-electron chi connectivity index (χ0n) is 16.8. The van der Waals surface area contributed by atoms with Gasteiger partial charge >= 0.3 is 0 Å². The van der Waals surface area contributed by atoms with E-state index in [0.717, 1.165) is 76.0 Å². The van der Waals surface area contributed by atoms with Crippen molar-refractivity contribution < 1.29 is 0 Å². The molecule has 28 heavy (non-hydrogen) atoms. The number of nitrogens with zero attached hydrogens (tertiary/aromatic N) is 5. The van der Waals surface area contributed by atoms with Gasteiger partial charge in [-0.2, -0.15) is 0 Å². The van der Waals surface area contributed by atoms with Crippen LogP contribution in [-0.2, 0) is 6.42 Å². The van der Waals surface area contributed by atoms with Crippen LogP contribution in [0, 0.1) is 6.92 Å². The quantitative estimate of drug-likeness (QED) is 0.265. The van der Waals surface area contributed by atoms with Crippen LogP contribution in [0.15, 0.2) is 34.8 Å². The van der Waals surface area contributed by atoms with Gasteiger partial charge < -0.3 is 15.1 Å². The normalized spacial score (nSPS) is 14.7. The van der Waals surface area contributed by atoms with Crippen LogP contribution in [0.3, 0.4) is 0 Å². The van der Waals surface area contributed by atoms with E-state index in [-0.39, 0.29) is 24.0 Å². The van der Waals surface area contributed by atoms with Gasteiger partial charge in [0, 0.05) is 56.5 Å². The Labute approximate surface area is 189 Å². The first kappa shape index (κ1) is 22.9. The van der Waals surface area contributed by atoms with Crippen LogP contribution in [0.5, 0.6) is 0 Å². The lowest BCUT2D eigenvalue weighted by atomic mass is 10.2. The Morgan fingerprint density at radius 3 is 2.68 bits per heavy atom. The molecule has 0 bridgehead atoms. The van der Waals surface area contributed by atoms with E-state index in [9.17, 15) is 0 Å². The van der Waals surface area contributed by atoms with Gasteiger partial charge in [-0.3, -0.25) is 4.99 Å².